The maximum absolute atomic E-state index is 14.1. The molecule has 386 valence electrons. The fourth-order valence-corrected chi connectivity index (χ4v) is 14.6. The molecular weight excluding hydrogens is 905 g/mol. The predicted molar refractivity (Wildman–Crippen MR) is 237 cm³/mol. The van der Waals surface area contributed by atoms with Crippen LogP contribution in [0, 0.1) is 28.6 Å². The topological polar surface area (TPSA) is 257 Å². The molecule has 2 spiro atoms. The van der Waals surface area contributed by atoms with Gasteiger partial charge in [0.1, 0.15) is 78.0 Å². The first-order valence-electron chi connectivity index (χ1n) is 24.7. The number of ketones is 1. The lowest BCUT2D eigenvalue weighted by Crippen LogP contribution is -2.70. The summed E-state index contributed by atoms with van der Waals surface area (Å²) in [5.41, 5.74) is -2.37. The molecule has 0 aromatic heterocycles. The van der Waals surface area contributed by atoms with Crippen molar-refractivity contribution in [3.8, 4) is 0 Å². The number of benzene rings is 1. The van der Waals surface area contributed by atoms with Crippen LogP contribution in [0.1, 0.15) is 103 Å². The van der Waals surface area contributed by atoms with E-state index in [0.29, 0.717) is 50.5 Å². The number of methoxy groups -OCH3 is 2. The minimum Gasteiger partial charge on any atom is -0.458 e. The number of aliphatic hydroxyl groups is 5. The molecule has 5 N–H and O–H groups in total. The van der Waals surface area contributed by atoms with Crippen molar-refractivity contribution in [1.29, 1.82) is 0 Å². The summed E-state index contributed by atoms with van der Waals surface area (Å²) in [5, 5.41) is 52.4. The Balaban J connectivity index is 0.882. The second kappa shape index (κ2) is 19.3. The van der Waals surface area contributed by atoms with Crippen LogP contribution in [0.15, 0.2) is 30.3 Å². The van der Waals surface area contributed by atoms with Gasteiger partial charge in [-0.1, -0.05) is 32.0 Å². The molecule has 0 radical (unpaired) electrons. The van der Waals surface area contributed by atoms with Gasteiger partial charge in [-0.25, -0.2) is 4.79 Å². The monoisotopic (exact) mass is 976 g/mol. The predicted octanol–water partition coefficient (Wildman–Crippen LogP) is 2.11. The average Bonchev–Trinajstić information content (AvgIpc) is 3.87. The molecular formula is C50H72O19. The van der Waals surface area contributed by atoms with Crippen molar-refractivity contribution in [2.24, 2.45) is 28.6 Å². The van der Waals surface area contributed by atoms with E-state index in [9.17, 15) is 39.9 Å². The Morgan fingerprint density at radius 3 is 2.09 bits per heavy atom. The highest BCUT2D eigenvalue weighted by atomic mass is 16.8. The van der Waals surface area contributed by atoms with Crippen molar-refractivity contribution in [1.82, 2.24) is 0 Å². The Labute approximate surface area is 402 Å². The molecule has 4 saturated carbocycles. The molecule has 1 aromatic rings. The summed E-state index contributed by atoms with van der Waals surface area (Å²) >= 11 is 0. The molecule has 0 unspecified atom stereocenters. The van der Waals surface area contributed by atoms with Gasteiger partial charge in [0.15, 0.2) is 18.9 Å². The summed E-state index contributed by atoms with van der Waals surface area (Å²) in [4.78, 5) is 40.6. The second-order valence-corrected chi connectivity index (χ2v) is 21.4. The average molecular weight is 977 g/mol. The smallest absolute Gasteiger partial charge is 0.338 e. The Hall–Kier alpha value is -2.73. The van der Waals surface area contributed by atoms with Crippen LogP contribution in [0.25, 0.3) is 0 Å². The number of aliphatic hydroxyl groups excluding tert-OH is 5. The number of carbonyl (C=O) groups excluding carboxylic acids is 3. The van der Waals surface area contributed by atoms with E-state index in [1.807, 2.05) is 19.9 Å². The van der Waals surface area contributed by atoms with Gasteiger partial charge < -0.3 is 77.6 Å². The molecule has 19 heteroatoms. The second-order valence-electron chi connectivity index (χ2n) is 21.4. The quantitative estimate of drug-likeness (QED) is 0.108. The van der Waals surface area contributed by atoms with Crippen LogP contribution < -0.4 is 0 Å². The van der Waals surface area contributed by atoms with Gasteiger partial charge >= 0.3 is 11.9 Å². The summed E-state index contributed by atoms with van der Waals surface area (Å²) in [6.07, 6.45) is -12.5. The number of ether oxygens (including phenoxy) is 11. The molecule has 4 aliphatic heterocycles. The van der Waals surface area contributed by atoms with Crippen molar-refractivity contribution in [3.05, 3.63) is 35.9 Å². The molecule has 69 heavy (non-hydrogen) atoms. The van der Waals surface area contributed by atoms with Crippen molar-refractivity contribution in [2.45, 2.75) is 208 Å². The summed E-state index contributed by atoms with van der Waals surface area (Å²) in [7, 11) is 2.94. The van der Waals surface area contributed by atoms with Crippen molar-refractivity contribution < 1.29 is 92.0 Å². The first kappa shape index (κ1) is 51.2. The van der Waals surface area contributed by atoms with Crippen LogP contribution in [0.4, 0.5) is 0 Å². The van der Waals surface area contributed by atoms with Crippen molar-refractivity contribution in [2.75, 3.05) is 20.8 Å². The molecule has 9 rings (SSSR count). The van der Waals surface area contributed by atoms with Crippen LogP contribution in [0.5, 0.6) is 0 Å². The van der Waals surface area contributed by atoms with Crippen LogP contribution in [0.3, 0.4) is 0 Å². The van der Waals surface area contributed by atoms with E-state index in [2.05, 4.69) is 6.92 Å². The first-order chi connectivity index (χ1) is 32.8. The van der Waals surface area contributed by atoms with Gasteiger partial charge in [-0.15, -0.1) is 0 Å². The third-order valence-electron chi connectivity index (χ3n) is 17.9. The Morgan fingerprint density at radius 1 is 0.725 bits per heavy atom. The molecule has 4 saturated heterocycles. The highest BCUT2D eigenvalue weighted by Crippen LogP contribution is 2.81. The van der Waals surface area contributed by atoms with Gasteiger partial charge in [-0.2, -0.15) is 0 Å². The van der Waals surface area contributed by atoms with Crippen LogP contribution in [-0.2, 0) is 61.7 Å². The SMILES string of the molecule is CO[C@H]1[C@@H](O)[C@H](O[C@@H]2[C@@H](C)O[C@@H](O[C@H]3CC[C@@]4(C)[C@@H](CC[C@@]56O[C@@]57CC[C@@H](C(C)=O)[C@@]7(C)[C@H](OC(C)=O)[C@@H](OC(=O)c5ccccc5)[C@H]46)C3)C[C@H]2OC)O[C@H](C)[C@H]1O[C@@H]1O[C@H](CO)[C@@H](O)[C@H](O)[C@H]1O. The molecule has 0 bridgehead atoms. The molecule has 8 aliphatic rings. The Bertz CT molecular complexity index is 2030. The van der Waals surface area contributed by atoms with Crippen molar-refractivity contribution in [3.63, 3.8) is 0 Å². The molecule has 8 fully saturated rings. The third-order valence-corrected chi connectivity index (χ3v) is 17.9. The fourth-order valence-electron chi connectivity index (χ4n) is 14.6. The number of rotatable bonds is 13. The minimum absolute atomic E-state index is 0.000276. The van der Waals surface area contributed by atoms with Crippen molar-refractivity contribution >= 4 is 17.7 Å². The van der Waals surface area contributed by atoms with Gasteiger partial charge in [-0.3, -0.25) is 9.59 Å². The van der Waals surface area contributed by atoms with E-state index < -0.39 is 145 Å². The van der Waals surface area contributed by atoms with E-state index in [0.717, 1.165) is 6.42 Å². The summed E-state index contributed by atoms with van der Waals surface area (Å²) in [6.45, 7) is 10.1. The molecule has 0 amide bonds. The van der Waals surface area contributed by atoms with Gasteiger partial charge in [0.25, 0.3) is 0 Å². The number of carbonyl (C=O) groups is 3. The Kier molecular flexibility index (Phi) is 14.3. The molecule has 1 aromatic carbocycles. The maximum Gasteiger partial charge on any atom is 0.338 e. The number of epoxide rings is 1. The lowest BCUT2D eigenvalue weighted by molar-refractivity contribution is -0.371. The molecule has 24 atom stereocenters. The van der Waals surface area contributed by atoms with E-state index in [1.54, 1.807) is 45.2 Å². The van der Waals surface area contributed by atoms with E-state index in [1.165, 1.54) is 14.0 Å². The minimum atomic E-state index is -1.67. The van der Waals surface area contributed by atoms with Crippen LogP contribution in [0.2, 0.25) is 0 Å². The highest BCUT2D eigenvalue weighted by Gasteiger charge is 2.91. The zero-order valence-corrected chi connectivity index (χ0v) is 40.7. The molecule has 4 heterocycles. The number of esters is 2. The molecule has 4 aliphatic carbocycles. The first-order valence-corrected chi connectivity index (χ1v) is 24.7. The summed E-state index contributed by atoms with van der Waals surface area (Å²) < 4.78 is 69.1. The number of Topliss-reactive ketones (excluding diaryl/α,β-unsaturated/α-hetero) is 1. The van der Waals surface area contributed by atoms with Gasteiger partial charge in [0.05, 0.1) is 36.6 Å². The van der Waals surface area contributed by atoms with Crippen LogP contribution >= 0.6 is 0 Å². The van der Waals surface area contributed by atoms with Crippen LogP contribution in [-0.4, -0.2) is 180 Å². The Morgan fingerprint density at radius 2 is 1.42 bits per heavy atom. The lowest BCUT2D eigenvalue weighted by Gasteiger charge is -2.61. The van der Waals surface area contributed by atoms with E-state index in [-0.39, 0.29) is 23.7 Å². The summed E-state index contributed by atoms with van der Waals surface area (Å²) in [5.74, 6) is -1.70. The zero-order valence-electron chi connectivity index (χ0n) is 40.7. The highest BCUT2D eigenvalue weighted by molar-refractivity contribution is 5.89. The number of hydrogen-bond acceptors (Lipinski definition) is 19. The third kappa shape index (κ3) is 8.31. The normalized spacial score (nSPS) is 50.2. The fraction of sp³-hybridized carbons (Fsp3) is 0.820. The van der Waals surface area contributed by atoms with Gasteiger partial charge in [0, 0.05) is 44.8 Å². The van der Waals surface area contributed by atoms with Gasteiger partial charge in [-0.05, 0) is 89.2 Å². The van der Waals surface area contributed by atoms with E-state index in [4.69, 9.17) is 52.1 Å². The maximum atomic E-state index is 14.1. The number of fused-ring (bicyclic) bond motifs is 2. The standard InChI is InChI=1S/C50H72O19/c1-23(52)30-16-19-50-48(30,6)43(63-26(4)53)41(66-44(58)27-12-10-9-11-13-27)42-47(5)17-15-29(20-28(47)14-18-49(42,50)69-50)64-33-21-31(59-7)38(24(2)61-33)67-46-37(57)40(60-8)39(25(3)62-46)68-45-36(56)35(55)34(54)32(22-51)65-45/h9-13,24-25,28-43,45-46,51,54-57H,14-22H2,1-8H3/t24-,25-,28+,29+,30+,31-,32-,33+,34-,35+,36-,37-,38-,39-,40+,41+,42-,43-,45+,46+,47+,48+,49+,50-/m1/s1. The lowest BCUT2D eigenvalue weighted by atomic mass is 9.43. The largest absolute Gasteiger partial charge is 0.458 e. The summed E-state index contributed by atoms with van der Waals surface area (Å²) in [6, 6.07) is 8.78. The van der Waals surface area contributed by atoms with E-state index >= 15 is 0 Å². The zero-order chi connectivity index (χ0) is 49.5. The molecule has 19 nitrogen and oxygen atoms in total. The number of hydrogen-bond donors (Lipinski definition) is 5. The van der Waals surface area contributed by atoms with Gasteiger partial charge in [0.2, 0.25) is 0 Å².